The van der Waals surface area contributed by atoms with E-state index in [9.17, 15) is 4.79 Å². The molecule has 0 aromatic heterocycles. The van der Waals surface area contributed by atoms with Gasteiger partial charge in [0.25, 0.3) is 5.91 Å². The Morgan fingerprint density at radius 1 is 1.50 bits per heavy atom. The van der Waals surface area contributed by atoms with Crippen molar-refractivity contribution in [3.63, 3.8) is 0 Å². The zero-order valence-corrected chi connectivity index (χ0v) is 12.1. The molecule has 0 saturated heterocycles. The summed E-state index contributed by atoms with van der Waals surface area (Å²) in [6.45, 7) is 6.70. The lowest BCUT2D eigenvalue weighted by molar-refractivity contribution is 0.0377. The topological polar surface area (TPSA) is 32.3 Å². The third-order valence-electron chi connectivity index (χ3n) is 4.57. The summed E-state index contributed by atoms with van der Waals surface area (Å²) < 4.78 is 0. The molecule has 1 saturated carbocycles. The van der Waals surface area contributed by atoms with Crippen molar-refractivity contribution in [2.24, 2.45) is 5.92 Å². The van der Waals surface area contributed by atoms with Crippen molar-refractivity contribution < 1.29 is 4.79 Å². The van der Waals surface area contributed by atoms with E-state index in [1.165, 1.54) is 6.42 Å². The number of rotatable bonds is 2. The fraction of sp³-hybridized carbons (Fsp3) is 0.471. The predicted molar refractivity (Wildman–Crippen MR) is 81.7 cm³/mol. The standard InChI is InChI=1S/C17H22N2O/c1-3-11-19-16(20)14-8-4-5-9-15(14)18-17(19)10-6-7-13(2)12-17/h3-5,8-9,13,18H,1,6-7,10-12H2,2H3. The van der Waals surface area contributed by atoms with Crippen molar-refractivity contribution in [3.8, 4) is 0 Å². The van der Waals surface area contributed by atoms with Gasteiger partial charge < -0.3 is 10.2 Å². The quantitative estimate of drug-likeness (QED) is 0.832. The second-order valence-corrected chi connectivity index (χ2v) is 6.11. The summed E-state index contributed by atoms with van der Waals surface area (Å²) >= 11 is 0. The minimum absolute atomic E-state index is 0.133. The summed E-state index contributed by atoms with van der Waals surface area (Å²) in [5, 5.41) is 3.67. The maximum Gasteiger partial charge on any atom is 0.258 e. The van der Waals surface area contributed by atoms with Crippen molar-refractivity contribution in [2.45, 2.75) is 38.3 Å². The van der Waals surface area contributed by atoms with Crippen molar-refractivity contribution in [1.82, 2.24) is 4.90 Å². The van der Waals surface area contributed by atoms with Gasteiger partial charge >= 0.3 is 0 Å². The molecule has 3 nitrogen and oxygen atoms in total. The van der Waals surface area contributed by atoms with Crippen LogP contribution >= 0.6 is 0 Å². The van der Waals surface area contributed by atoms with Gasteiger partial charge in [0, 0.05) is 12.2 Å². The van der Waals surface area contributed by atoms with Crippen LogP contribution in [0.25, 0.3) is 0 Å². The van der Waals surface area contributed by atoms with Crippen LogP contribution in [0.1, 0.15) is 43.0 Å². The Bertz CT molecular complexity index is 540. The zero-order chi connectivity index (χ0) is 14.2. The van der Waals surface area contributed by atoms with Gasteiger partial charge in [-0.05, 0) is 37.3 Å². The van der Waals surface area contributed by atoms with Crippen LogP contribution in [0.15, 0.2) is 36.9 Å². The first kappa shape index (κ1) is 13.2. The molecule has 3 rings (SSSR count). The molecule has 1 aromatic carbocycles. The molecular formula is C17H22N2O. The van der Waals surface area contributed by atoms with E-state index in [0.29, 0.717) is 12.5 Å². The fourth-order valence-electron chi connectivity index (χ4n) is 3.71. The van der Waals surface area contributed by atoms with Gasteiger partial charge in [0.2, 0.25) is 0 Å². The maximum atomic E-state index is 12.8. The van der Waals surface area contributed by atoms with Gasteiger partial charge in [0.1, 0.15) is 5.66 Å². The Morgan fingerprint density at radius 3 is 3.05 bits per heavy atom. The lowest BCUT2D eigenvalue weighted by atomic mass is 9.79. The Hall–Kier alpha value is -1.77. The molecule has 2 aliphatic rings. The Morgan fingerprint density at radius 2 is 2.30 bits per heavy atom. The highest BCUT2D eigenvalue weighted by molar-refractivity contribution is 6.02. The number of carbonyl (C=O) groups is 1. The molecular weight excluding hydrogens is 248 g/mol. The summed E-state index contributed by atoms with van der Waals surface area (Å²) in [5.41, 5.74) is 1.53. The summed E-state index contributed by atoms with van der Waals surface area (Å²) in [4.78, 5) is 14.8. The minimum Gasteiger partial charge on any atom is -0.362 e. The van der Waals surface area contributed by atoms with Crippen LogP contribution < -0.4 is 5.32 Å². The molecule has 1 aliphatic carbocycles. The highest BCUT2D eigenvalue weighted by Gasteiger charge is 2.45. The molecule has 0 radical (unpaired) electrons. The van der Waals surface area contributed by atoms with E-state index in [0.717, 1.165) is 30.5 Å². The molecule has 2 unspecified atom stereocenters. The molecule has 1 N–H and O–H groups in total. The summed E-state index contributed by atoms with van der Waals surface area (Å²) in [6.07, 6.45) is 6.28. The van der Waals surface area contributed by atoms with Gasteiger partial charge in [-0.2, -0.15) is 0 Å². The van der Waals surface area contributed by atoms with Crippen LogP contribution in [0.4, 0.5) is 5.69 Å². The van der Waals surface area contributed by atoms with Crippen LogP contribution in [-0.2, 0) is 0 Å². The Kier molecular flexibility index (Phi) is 3.28. The lowest BCUT2D eigenvalue weighted by Gasteiger charge is -2.51. The average molecular weight is 270 g/mol. The molecule has 20 heavy (non-hydrogen) atoms. The van der Waals surface area contributed by atoms with Gasteiger partial charge in [-0.25, -0.2) is 0 Å². The number of hydrogen-bond donors (Lipinski definition) is 1. The van der Waals surface area contributed by atoms with Crippen LogP contribution in [0.3, 0.4) is 0 Å². The van der Waals surface area contributed by atoms with Crippen molar-refractivity contribution in [3.05, 3.63) is 42.5 Å². The minimum atomic E-state index is -0.225. The number of benzene rings is 1. The molecule has 1 aliphatic heterocycles. The molecule has 0 bridgehead atoms. The third kappa shape index (κ3) is 2.01. The predicted octanol–water partition coefficient (Wildman–Crippen LogP) is 3.65. The van der Waals surface area contributed by atoms with E-state index < -0.39 is 0 Å². The van der Waals surface area contributed by atoms with Gasteiger partial charge in [0.05, 0.1) is 5.56 Å². The normalized spacial score (nSPS) is 28.9. The van der Waals surface area contributed by atoms with Gasteiger partial charge in [-0.3, -0.25) is 4.79 Å². The van der Waals surface area contributed by atoms with Crippen LogP contribution in [0.2, 0.25) is 0 Å². The molecule has 106 valence electrons. The first-order valence-electron chi connectivity index (χ1n) is 7.46. The van der Waals surface area contributed by atoms with Crippen molar-refractivity contribution in [1.29, 1.82) is 0 Å². The number of fused-ring (bicyclic) bond motifs is 1. The van der Waals surface area contributed by atoms with Gasteiger partial charge in [0.15, 0.2) is 0 Å². The highest BCUT2D eigenvalue weighted by atomic mass is 16.2. The SMILES string of the molecule is C=CCN1C(=O)c2ccccc2NC12CCCC(C)C2. The number of nitrogens with zero attached hydrogens (tertiary/aromatic N) is 1. The number of hydrogen-bond acceptors (Lipinski definition) is 2. The highest BCUT2D eigenvalue weighted by Crippen LogP contribution is 2.42. The Labute approximate surface area is 120 Å². The molecule has 1 fully saturated rings. The lowest BCUT2D eigenvalue weighted by Crippen LogP contribution is -2.61. The number of anilines is 1. The van der Waals surface area contributed by atoms with E-state index in [1.807, 2.05) is 35.2 Å². The van der Waals surface area contributed by atoms with Gasteiger partial charge in [-0.1, -0.05) is 31.6 Å². The van der Waals surface area contributed by atoms with Crippen LogP contribution in [0, 0.1) is 5.92 Å². The fourth-order valence-corrected chi connectivity index (χ4v) is 3.71. The Balaban J connectivity index is 2.04. The maximum absolute atomic E-state index is 12.8. The molecule has 3 heteroatoms. The van der Waals surface area contributed by atoms with Crippen molar-refractivity contribution >= 4 is 11.6 Å². The number of amides is 1. The van der Waals surface area contributed by atoms with Crippen molar-refractivity contribution in [2.75, 3.05) is 11.9 Å². The van der Waals surface area contributed by atoms with Gasteiger partial charge in [-0.15, -0.1) is 6.58 Å². The first-order valence-corrected chi connectivity index (χ1v) is 7.46. The smallest absolute Gasteiger partial charge is 0.258 e. The third-order valence-corrected chi connectivity index (χ3v) is 4.57. The largest absolute Gasteiger partial charge is 0.362 e. The first-order chi connectivity index (χ1) is 9.66. The number of para-hydroxylation sites is 1. The number of nitrogens with one attached hydrogen (secondary N) is 1. The zero-order valence-electron chi connectivity index (χ0n) is 12.1. The summed E-state index contributed by atoms with van der Waals surface area (Å²) in [7, 11) is 0. The molecule has 1 aromatic rings. The van der Waals surface area contributed by atoms with Crippen LogP contribution in [-0.4, -0.2) is 23.0 Å². The monoisotopic (exact) mass is 270 g/mol. The van der Waals surface area contributed by atoms with E-state index in [1.54, 1.807) is 0 Å². The average Bonchev–Trinajstić information content (AvgIpc) is 2.43. The van der Waals surface area contributed by atoms with E-state index in [4.69, 9.17) is 0 Å². The second-order valence-electron chi connectivity index (χ2n) is 6.11. The van der Waals surface area contributed by atoms with E-state index in [-0.39, 0.29) is 11.6 Å². The molecule has 1 heterocycles. The molecule has 1 amide bonds. The van der Waals surface area contributed by atoms with E-state index >= 15 is 0 Å². The molecule has 1 spiro atoms. The second kappa shape index (κ2) is 4.97. The number of carbonyl (C=O) groups excluding carboxylic acids is 1. The summed E-state index contributed by atoms with van der Waals surface area (Å²) in [5.74, 6) is 0.773. The molecule has 2 atom stereocenters. The van der Waals surface area contributed by atoms with E-state index in [2.05, 4.69) is 18.8 Å². The summed E-state index contributed by atoms with van der Waals surface area (Å²) in [6, 6.07) is 7.83. The van der Waals surface area contributed by atoms with Crippen LogP contribution in [0.5, 0.6) is 0 Å².